The van der Waals surface area contributed by atoms with Crippen molar-refractivity contribution in [1.29, 1.82) is 0 Å². The van der Waals surface area contributed by atoms with E-state index in [-0.39, 0.29) is 0 Å². The van der Waals surface area contributed by atoms with Gasteiger partial charge in [0.2, 0.25) is 0 Å². The lowest BCUT2D eigenvalue weighted by molar-refractivity contribution is 0.577. The molecule has 1 heterocycles. The molecule has 0 aliphatic carbocycles. The highest BCUT2D eigenvalue weighted by molar-refractivity contribution is 5.33. The van der Waals surface area contributed by atoms with E-state index in [1.807, 2.05) is 6.92 Å². The summed E-state index contributed by atoms with van der Waals surface area (Å²) in [6, 6.07) is 3.25. The maximum absolute atomic E-state index is 13.1. The molecule has 2 rings (SSSR count). The predicted octanol–water partition coefficient (Wildman–Crippen LogP) is 1.65. The predicted molar refractivity (Wildman–Crippen MR) is 58.7 cm³/mol. The third-order valence-corrected chi connectivity index (χ3v) is 2.27. The highest BCUT2D eigenvalue weighted by Gasteiger charge is 2.08. The highest BCUT2D eigenvalue weighted by atomic mass is 19.1. The van der Waals surface area contributed by atoms with Crippen molar-refractivity contribution >= 4 is 0 Å². The Morgan fingerprint density at radius 3 is 2.59 bits per heavy atom. The van der Waals surface area contributed by atoms with Crippen LogP contribution in [0.2, 0.25) is 0 Å². The fourth-order valence-electron chi connectivity index (χ4n) is 1.51. The van der Waals surface area contributed by atoms with Gasteiger partial charge in [0.05, 0.1) is 17.6 Å². The van der Waals surface area contributed by atoms with Gasteiger partial charge < -0.3 is 5.32 Å². The van der Waals surface area contributed by atoms with Gasteiger partial charge in [-0.3, -0.25) is 0 Å². The molecule has 0 aliphatic heterocycles. The van der Waals surface area contributed by atoms with Crippen LogP contribution in [0.15, 0.2) is 24.4 Å². The standard InChI is InChI=1S/C11H12F2N4/c1-2-14-6-11-7-15-16-17(11)10-4-8(12)3-9(13)5-10/h3-5,7,14H,2,6H2,1H3. The topological polar surface area (TPSA) is 42.7 Å². The summed E-state index contributed by atoms with van der Waals surface area (Å²) < 4.78 is 27.6. The molecule has 0 bridgehead atoms. The van der Waals surface area contributed by atoms with Gasteiger partial charge in [0.1, 0.15) is 11.6 Å². The van der Waals surface area contributed by atoms with E-state index in [1.165, 1.54) is 16.8 Å². The number of aromatic nitrogens is 3. The van der Waals surface area contributed by atoms with Crippen LogP contribution < -0.4 is 5.32 Å². The van der Waals surface area contributed by atoms with E-state index in [1.54, 1.807) is 6.20 Å². The van der Waals surface area contributed by atoms with Crippen LogP contribution in [0, 0.1) is 11.6 Å². The lowest BCUT2D eigenvalue weighted by atomic mass is 10.3. The van der Waals surface area contributed by atoms with Gasteiger partial charge in [-0.2, -0.15) is 0 Å². The molecular weight excluding hydrogens is 226 g/mol. The SMILES string of the molecule is CCNCc1cnnn1-c1cc(F)cc(F)c1. The minimum Gasteiger partial charge on any atom is -0.311 e. The first-order valence-electron chi connectivity index (χ1n) is 5.27. The van der Waals surface area contributed by atoms with E-state index in [0.717, 1.165) is 18.3 Å². The van der Waals surface area contributed by atoms with Gasteiger partial charge in [-0.25, -0.2) is 13.5 Å². The summed E-state index contributed by atoms with van der Waals surface area (Å²) in [5.41, 5.74) is 1.07. The zero-order valence-electron chi connectivity index (χ0n) is 9.32. The Balaban J connectivity index is 2.35. The van der Waals surface area contributed by atoms with Gasteiger partial charge >= 0.3 is 0 Å². The van der Waals surface area contributed by atoms with Gasteiger partial charge in [0, 0.05) is 12.6 Å². The molecule has 17 heavy (non-hydrogen) atoms. The molecule has 0 amide bonds. The summed E-state index contributed by atoms with van der Waals surface area (Å²) in [6.45, 7) is 3.31. The van der Waals surface area contributed by atoms with Crippen molar-refractivity contribution in [1.82, 2.24) is 20.3 Å². The third-order valence-electron chi connectivity index (χ3n) is 2.27. The van der Waals surface area contributed by atoms with Gasteiger partial charge in [-0.15, -0.1) is 5.10 Å². The lowest BCUT2D eigenvalue weighted by Crippen LogP contribution is -2.15. The van der Waals surface area contributed by atoms with Crippen molar-refractivity contribution in [2.75, 3.05) is 6.54 Å². The van der Waals surface area contributed by atoms with Crippen LogP contribution >= 0.6 is 0 Å². The maximum atomic E-state index is 13.1. The third kappa shape index (κ3) is 2.65. The summed E-state index contributed by atoms with van der Waals surface area (Å²) in [5, 5.41) is 10.7. The Labute approximate surface area is 97.3 Å². The van der Waals surface area contributed by atoms with Crippen LogP contribution in [0.4, 0.5) is 8.78 Å². The lowest BCUT2D eigenvalue weighted by Gasteiger charge is -2.06. The Bertz CT molecular complexity index is 490. The number of nitrogens with one attached hydrogen (secondary N) is 1. The summed E-state index contributed by atoms with van der Waals surface area (Å²) >= 11 is 0. The molecule has 2 aromatic rings. The molecule has 0 saturated carbocycles. The second kappa shape index (κ2) is 5.01. The zero-order chi connectivity index (χ0) is 12.3. The molecule has 0 fully saturated rings. The molecule has 6 heteroatoms. The van der Waals surface area contributed by atoms with Gasteiger partial charge in [0.25, 0.3) is 0 Å². The molecule has 0 radical (unpaired) electrons. The molecule has 0 saturated heterocycles. The van der Waals surface area contributed by atoms with E-state index in [2.05, 4.69) is 15.6 Å². The molecule has 0 atom stereocenters. The van der Waals surface area contributed by atoms with Gasteiger partial charge in [-0.05, 0) is 18.7 Å². The molecular formula is C11H12F2N4. The van der Waals surface area contributed by atoms with Crippen LogP contribution in [0.25, 0.3) is 5.69 Å². The fraction of sp³-hybridized carbons (Fsp3) is 0.273. The molecule has 1 N–H and O–H groups in total. The van der Waals surface area contributed by atoms with E-state index in [9.17, 15) is 8.78 Å². The Hall–Kier alpha value is -1.82. The zero-order valence-corrected chi connectivity index (χ0v) is 9.32. The fourth-order valence-corrected chi connectivity index (χ4v) is 1.51. The van der Waals surface area contributed by atoms with Crippen molar-refractivity contribution in [3.05, 3.63) is 41.7 Å². The monoisotopic (exact) mass is 238 g/mol. The molecule has 1 aromatic heterocycles. The second-order valence-electron chi connectivity index (χ2n) is 3.55. The van der Waals surface area contributed by atoms with Crippen LogP contribution in [0.5, 0.6) is 0 Å². The first-order chi connectivity index (χ1) is 8.20. The molecule has 0 spiro atoms. The normalized spacial score (nSPS) is 10.8. The molecule has 0 aliphatic rings. The number of hydrogen-bond donors (Lipinski definition) is 1. The number of nitrogens with zero attached hydrogens (tertiary/aromatic N) is 3. The van der Waals surface area contributed by atoms with Gasteiger partial charge in [-0.1, -0.05) is 12.1 Å². The minimum atomic E-state index is -0.634. The van der Waals surface area contributed by atoms with Crippen LogP contribution in [0.1, 0.15) is 12.6 Å². The Morgan fingerprint density at radius 1 is 1.24 bits per heavy atom. The van der Waals surface area contributed by atoms with E-state index in [4.69, 9.17) is 0 Å². The maximum Gasteiger partial charge on any atom is 0.128 e. The van der Waals surface area contributed by atoms with Gasteiger partial charge in [0.15, 0.2) is 0 Å². The first-order valence-corrected chi connectivity index (χ1v) is 5.27. The van der Waals surface area contributed by atoms with Crippen LogP contribution in [-0.4, -0.2) is 21.5 Å². The number of rotatable bonds is 4. The van der Waals surface area contributed by atoms with Crippen molar-refractivity contribution in [3.8, 4) is 5.69 Å². The molecule has 1 aromatic carbocycles. The Kier molecular flexibility index (Phi) is 3.43. The highest BCUT2D eigenvalue weighted by Crippen LogP contribution is 2.13. The number of halogens is 2. The van der Waals surface area contributed by atoms with Crippen molar-refractivity contribution in [3.63, 3.8) is 0 Å². The quantitative estimate of drug-likeness (QED) is 0.880. The smallest absolute Gasteiger partial charge is 0.128 e. The van der Waals surface area contributed by atoms with E-state index >= 15 is 0 Å². The Morgan fingerprint density at radius 2 is 1.94 bits per heavy atom. The summed E-state index contributed by atoms with van der Waals surface area (Å²) in [7, 11) is 0. The van der Waals surface area contributed by atoms with Crippen LogP contribution in [-0.2, 0) is 6.54 Å². The number of hydrogen-bond acceptors (Lipinski definition) is 3. The van der Waals surface area contributed by atoms with E-state index < -0.39 is 11.6 Å². The number of benzene rings is 1. The van der Waals surface area contributed by atoms with E-state index in [0.29, 0.717) is 12.2 Å². The molecule has 4 nitrogen and oxygen atoms in total. The van der Waals surface area contributed by atoms with Crippen molar-refractivity contribution in [2.24, 2.45) is 0 Å². The largest absolute Gasteiger partial charge is 0.311 e. The molecule has 90 valence electrons. The average Bonchev–Trinajstić information content (AvgIpc) is 2.73. The minimum absolute atomic E-state index is 0.327. The first kappa shape index (κ1) is 11.7. The van der Waals surface area contributed by atoms with Crippen molar-refractivity contribution < 1.29 is 8.78 Å². The second-order valence-corrected chi connectivity index (χ2v) is 3.55. The summed E-state index contributed by atoms with van der Waals surface area (Å²) in [6.07, 6.45) is 1.56. The summed E-state index contributed by atoms with van der Waals surface area (Å²) in [5.74, 6) is -1.27. The van der Waals surface area contributed by atoms with Crippen molar-refractivity contribution in [2.45, 2.75) is 13.5 Å². The average molecular weight is 238 g/mol. The van der Waals surface area contributed by atoms with Crippen LogP contribution in [0.3, 0.4) is 0 Å². The molecule has 0 unspecified atom stereocenters. The summed E-state index contributed by atoms with van der Waals surface area (Å²) in [4.78, 5) is 0.